The molecule has 8 nitrogen and oxygen atoms in total. The highest BCUT2D eigenvalue weighted by molar-refractivity contribution is 7.54. The van der Waals surface area contributed by atoms with Crippen molar-refractivity contribution in [3.05, 3.63) is 0 Å². The number of nitriles is 2. The van der Waals surface area contributed by atoms with Gasteiger partial charge in [-0.05, 0) is 25.7 Å². The van der Waals surface area contributed by atoms with Crippen molar-refractivity contribution in [1.29, 1.82) is 10.5 Å². The zero-order chi connectivity index (χ0) is 18.0. The zero-order valence-corrected chi connectivity index (χ0v) is 15.0. The summed E-state index contributed by atoms with van der Waals surface area (Å²) >= 11 is 0. The van der Waals surface area contributed by atoms with E-state index >= 15 is 0 Å². The summed E-state index contributed by atoms with van der Waals surface area (Å²) in [6, 6.07) is 3.57. The molecular weight excluding hydrogens is 330 g/mol. The van der Waals surface area contributed by atoms with E-state index in [9.17, 15) is 9.13 Å². The maximum atomic E-state index is 10.8. The van der Waals surface area contributed by atoms with E-state index in [0.717, 1.165) is 0 Å². The van der Waals surface area contributed by atoms with Gasteiger partial charge in [-0.25, -0.2) is 0 Å². The van der Waals surface area contributed by atoms with Crippen LogP contribution in [-0.4, -0.2) is 25.4 Å². The summed E-state index contributed by atoms with van der Waals surface area (Å²) in [6.07, 6.45) is 1.21. The van der Waals surface area contributed by atoms with Crippen LogP contribution in [0.5, 0.6) is 0 Å². The maximum Gasteiger partial charge on any atom is 0.696 e. The quantitative estimate of drug-likeness (QED) is 0.591. The van der Waals surface area contributed by atoms with Gasteiger partial charge >= 0.3 is 15.9 Å². The highest BCUT2D eigenvalue weighted by Gasteiger charge is 2.44. The van der Waals surface area contributed by atoms with Gasteiger partial charge in [0.15, 0.2) is 5.16 Å². The molecular formula is C12H23N2O6P2+. The second-order valence-corrected chi connectivity index (χ2v) is 7.14. The van der Waals surface area contributed by atoms with Crippen LogP contribution in [-0.2, 0) is 13.7 Å². The molecule has 10 heteroatoms. The van der Waals surface area contributed by atoms with E-state index in [-0.39, 0.29) is 12.8 Å². The number of hydrogen-bond donors (Lipinski definition) is 3. The number of nitrogens with zero attached hydrogens (tertiary/aromatic N) is 2. The second kappa shape index (κ2) is 10.0. The number of rotatable bonds is 7. The Morgan fingerprint density at radius 3 is 1.50 bits per heavy atom. The lowest BCUT2D eigenvalue weighted by Gasteiger charge is -2.23. The molecule has 1 unspecified atom stereocenters. The summed E-state index contributed by atoms with van der Waals surface area (Å²) in [5.74, 6) is 0. The lowest BCUT2D eigenvalue weighted by molar-refractivity contribution is 0.112. The van der Waals surface area contributed by atoms with E-state index in [2.05, 4.69) is 4.52 Å². The Morgan fingerprint density at radius 2 is 1.45 bits per heavy atom. The molecule has 0 fully saturated rings. The molecule has 0 saturated heterocycles. The van der Waals surface area contributed by atoms with Gasteiger partial charge in [-0.15, -0.1) is 4.89 Å². The first-order valence-electron chi connectivity index (χ1n) is 6.77. The van der Waals surface area contributed by atoms with Crippen molar-refractivity contribution in [3.8, 4) is 12.1 Å². The van der Waals surface area contributed by atoms with Gasteiger partial charge in [0.25, 0.3) is 0 Å². The standard InChI is InChI=1S/C6H12NO3P.C6H10NO3P/c1-3-6(4-2,5-7)11(8,9)10;1-3-6(4-2,5-7)10-11(8)9/h3-4H2,1-2H3,(H2,8,9,10);3-4H2,1-2H3/p+1. The summed E-state index contributed by atoms with van der Waals surface area (Å²) in [7, 11) is -6.95. The normalized spacial score (nSPS) is 12.5. The maximum absolute atomic E-state index is 10.8. The van der Waals surface area contributed by atoms with Crippen LogP contribution in [0.1, 0.15) is 53.4 Å². The highest BCUT2D eigenvalue weighted by atomic mass is 31.2. The van der Waals surface area contributed by atoms with Gasteiger partial charge in [0.1, 0.15) is 6.07 Å². The van der Waals surface area contributed by atoms with Gasteiger partial charge in [0, 0.05) is 4.57 Å². The molecule has 0 rings (SSSR count). The fraction of sp³-hybridized carbons (Fsp3) is 0.833. The molecule has 1 atom stereocenters. The van der Waals surface area contributed by atoms with Crippen LogP contribution in [0.15, 0.2) is 0 Å². The minimum absolute atomic E-state index is 0.185. The predicted molar refractivity (Wildman–Crippen MR) is 80.8 cm³/mol. The molecule has 0 aliphatic rings. The van der Waals surface area contributed by atoms with Crippen LogP contribution in [0.4, 0.5) is 0 Å². The smallest absolute Gasteiger partial charge is 0.323 e. The van der Waals surface area contributed by atoms with Crippen LogP contribution < -0.4 is 0 Å². The lowest BCUT2D eigenvalue weighted by Crippen LogP contribution is -2.25. The van der Waals surface area contributed by atoms with Crippen LogP contribution in [0, 0.1) is 22.7 Å². The monoisotopic (exact) mass is 353 g/mol. The molecule has 0 aromatic carbocycles. The molecule has 0 aliphatic carbocycles. The fourth-order valence-corrected chi connectivity index (χ4v) is 3.14. The summed E-state index contributed by atoms with van der Waals surface area (Å²) < 4.78 is 25.7. The van der Waals surface area contributed by atoms with Gasteiger partial charge in [-0.2, -0.15) is 10.5 Å². The molecule has 0 saturated carbocycles. The van der Waals surface area contributed by atoms with Crippen LogP contribution >= 0.6 is 15.9 Å². The van der Waals surface area contributed by atoms with Crippen LogP contribution in [0.25, 0.3) is 0 Å². The first-order valence-corrected chi connectivity index (χ1v) is 9.51. The Labute approximate surface area is 131 Å². The first-order chi connectivity index (χ1) is 10.0. The van der Waals surface area contributed by atoms with Crippen LogP contribution in [0.2, 0.25) is 0 Å². The molecule has 0 radical (unpaired) electrons. The third kappa shape index (κ3) is 6.50. The van der Waals surface area contributed by atoms with Crippen molar-refractivity contribution in [1.82, 2.24) is 0 Å². The van der Waals surface area contributed by atoms with E-state index in [4.69, 9.17) is 25.2 Å². The summed E-state index contributed by atoms with van der Waals surface area (Å²) in [4.78, 5) is 26.1. The molecule has 0 amide bonds. The summed E-state index contributed by atoms with van der Waals surface area (Å²) in [6.45, 7) is 6.69. The summed E-state index contributed by atoms with van der Waals surface area (Å²) in [5, 5.41) is 15.7. The van der Waals surface area contributed by atoms with Crippen molar-refractivity contribution in [2.75, 3.05) is 0 Å². The Balaban J connectivity index is 0. The predicted octanol–water partition coefficient (Wildman–Crippen LogP) is 2.98. The van der Waals surface area contributed by atoms with Crippen molar-refractivity contribution in [3.63, 3.8) is 0 Å². The van der Waals surface area contributed by atoms with E-state index in [1.165, 1.54) is 0 Å². The van der Waals surface area contributed by atoms with Crippen molar-refractivity contribution in [2.45, 2.75) is 64.1 Å². The van der Waals surface area contributed by atoms with Gasteiger partial charge < -0.3 is 9.79 Å². The van der Waals surface area contributed by atoms with Gasteiger partial charge in [0.2, 0.25) is 5.60 Å². The first kappa shape index (κ1) is 23.4. The molecule has 0 spiro atoms. The molecule has 22 heavy (non-hydrogen) atoms. The van der Waals surface area contributed by atoms with E-state index in [1.807, 2.05) is 6.07 Å². The molecule has 126 valence electrons. The van der Waals surface area contributed by atoms with Crippen LogP contribution in [0.3, 0.4) is 0 Å². The van der Waals surface area contributed by atoms with Crippen molar-refractivity contribution in [2.24, 2.45) is 0 Å². The average Bonchev–Trinajstić information content (AvgIpc) is 2.46. The lowest BCUT2D eigenvalue weighted by atomic mass is 10.0. The third-order valence-electron chi connectivity index (χ3n) is 3.53. The summed E-state index contributed by atoms with van der Waals surface area (Å²) in [5.41, 5.74) is -1.08. The largest absolute Gasteiger partial charge is 0.696 e. The van der Waals surface area contributed by atoms with Crippen molar-refractivity contribution < 1.29 is 28.3 Å². The zero-order valence-electron chi connectivity index (χ0n) is 13.2. The Morgan fingerprint density at radius 1 is 1.05 bits per heavy atom. The Hall–Kier alpha value is -0.850. The van der Waals surface area contributed by atoms with E-state index < -0.39 is 26.6 Å². The average molecular weight is 353 g/mol. The molecule has 3 N–H and O–H groups in total. The van der Waals surface area contributed by atoms with Gasteiger partial charge in [-0.3, -0.25) is 4.57 Å². The minimum Gasteiger partial charge on any atom is -0.323 e. The topological polar surface area (TPSA) is 152 Å². The Bertz CT molecular complexity index is 483. The third-order valence-corrected chi connectivity index (χ3v) is 5.89. The second-order valence-electron chi connectivity index (χ2n) is 4.54. The van der Waals surface area contributed by atoms with Gasteiger partial charge in [0.05, 0.1) is 6.07 Å². The SMILES string of the molecule is CCC(C#N)(CC)O[P+](=O)O.CCC(C#N)(CC)P(=O)(O)O. The molecule has 0 aromatic heterocycles. The number of hydrogen-bond acceptors (Lipinski definition) is 5. The Kier molecular flexibility index (Phi) is 10.7. The molecule has 0 aliphatic heterocycles. The molecule has 0 heterocycles. The van der Waals surface area contributed by atoms with Gasteiger partial charge in [-0.1, -0.05) is 32.2 Å². The fourth-order valence-electron chi connectivity index (χ4n) is 1.59. The minimum atomic E-state index is -4.27. The highest BCUT2D eigenvalue weighted by Crippen LogP contribution is 2.53. The van der Waals surface area contributed by atoms with Crippen molar-refractivity contribution >= 4 is 15.9 Å². The van der Waals surface area contributed by atoms with E-state index in [0.29, 0.717) is 12.8 Å². The molecule has 0 aromatic rings. The molecule has 0 bridgehead atoms. The van der Waals surface area contributed by atoms with E-state index in [1.54, 1.807) is 33.8 Å².